The van der Waals surface area contributed by atoms with Crippen LogP contribution in [0.3, 0.4) is 0 Å². The van der Waals surface area contributed by atoms with E-state index >= 15 is 0 Å². The lowest BCUT2D eigenvalue weighted by Crippen LogP contribution is -2.35. The Morgan fingerprint density at radius 3 is 2.86 bits per heavy atom. The van der Waals surface area contributed by atoms with Gasteiger partial charge in [0, 0.05) is 23.2 Å². The highest BCUT2D eigenvalue weighted by Crippen LogP contribution is 2.33. The molecule has 1 N–H and O–H groups in total. The van der Waals surface area contributed by atoms with E-state index in [4.69, 9.17) is 11.6 Å². The second-order valence-corrected chi connectivity index (χ2v) is 8.31. The molecule has 3 heterocycles. The van der Waals surface area contributed by atoms with Crippen molar-refractivity contribution < 1.29 is 4.79 Å². The number of benzene rings is 1. The summed E-state index contributed by atoms with van der Waals surface area (Å²) >= 11 is 7.45. The molecule has 0 bridgehead atoms. The van der Waals surface area contributed by atoms with Crippen molar-refractivity contribution in [3.8, 4) is 5.69 Å². The van der Waals surface area contributed by atoms with Gasteiger partial charge in [0.15, 0.2) is 10.8 Å². The summed E-state index contributed by atoms with van der Waals surface area (Å²) < 4.78 is 3.27. The van der Waals surface area contributed by atoms with Crippen LogP contribution in [0.5, 0.6) is 0 Å². The van der Waals surface area contributed by atoms with Crippen LogP contribution in [0.4, 0.5) is 0 Å². The van der Waals surface area contributed by atoms with Crippen LogP contribution in [-0.4, -0.2) is 37.0 Å². The van der Waals surface area contributed by atoms with Gasteiger partial charge in [-0.2, -0.15) is 5.10 Å². The Bertz CT molecular complexity index is 1090. The number of nitrogens with zero attached hydrogens (tertiary/aromatic N) is 4. The van der Waals surface area contributed by atoms with Crippen molar-refractivity contribution in [3.63, 3.8) is 0 Å². The normalized spacial score (nSPS) is 16.9. The molecule has 0 aliphatic carbocycles. The minimum atomic E-state index is -0.202. The first-order chi connectivity index (χ1) is 13.5. The van der Waals surface area contributed by atoms with Crippen LogP contribution in [0.25, 0.3) is 16.7 Å². The quantitative estimate of drug-likeness (QED) is 0.645. The topological polar surface area (TPSA) is 81.8 Å². The van der Waals surface area contributed by atoms with Gasteiger partial charge in [-0.25, -0.2) is 9.67 Å². The summed E-state index contributed by atoms with van der Waals surface area (Å²) in [5.41, 5.74) is 1.13. The maximum atomic E-state index is 13.1. The summed E-state index contributed by atoms with van der Waals surface area (Å²) in [6, 6.07) is 7.12. The monoisotopic (exact) mass is 417 g/mol. The Balaban J connectivity index is 1.69. The molecule has 0 saturated carbocycles. The van der Waals surface area contributed by atoms with Crippen LogP contribution in [0.2, 0.25) is 5.02 Å². The van der Waals surface area contributed by atoms with E-state index in [-0.39, 0.29) is 30.0 Å². The van der Waals surface area contributed by atoms with E-state index in [1.165, 1.54) is 18.0 Å². The van der Waals surface area contributed by atoms with Crippen LogP contribution in [0, 0.1) is 0 Å². The Labute approximate surface area is 171 Å². The Morgan fingerprint density at radius 1 is 1.39 bits per heavy atom. The van der Waals surface area contributed by atoms with E-state index in [0.717, 1.165) is 12.1 Å². The molecule has 0 saturated heterocycles. The van der Waals surface area contributed by atoms with E-state index in [1.807, 2.05) is 26.0 Å². The number of fused-ring (bicyclic) bond motifs is 2. The number of hydrogen-bond acceptors (Lipinski definition) is 5. The molecular weight excluding hydrogens is 398 g/mol. The first kappa shape index (κ1) is 19.0. The molecule has 1 aliphatic heterocycles. The highest BCUT2D eigenvalue weighted by molar-refractivity contribution is 7.99. The van der Waals surface area contributed by atoms with Crippen molar-refractivity contribution in [2.75, 3.05) is 5.75 Å². The zero-order chi connectivity index (χ0) is 19.8. The van der Waals surface area contributed by atoms with Gasteiger partial charge in [0.05, 0.1) is 17.9 Å². The Hall–Kier alpha value is -2.32. The molecule has 4 rings (SSSR count). The number of rotatable bonds is 5. The number of halogens is 1. The van der Waals surface area contributed by atoms with E-state index in [0.29, 0.717) is 27.0 Å². The average molecular weight is 418 g/mol. The van der Waals surface area contributed by atoms with Gasteiger partial charge < -0.3 is 5.32 Å². The smallest absolute Gasteiger partial charge is 0.265 e. The number of carbonyl (C=O) groups is 1. The molecule has 9 heteroatoms. The Morgan fingerprint density at radius 2 is 2.14 bits per heavy atom. The van der Waals surface area contributed by atoms with Crippen molar-refractivity contribution in [2.45, 2.75) is 43.9 Å². The van der Waals surface area contributed by atoms with Crippen molar-refractivity contribution in [1.82, 2.24) is 24.6 Å². The number of aromatic nitrogens is 4. The predicted molar refractivity (Wildman–Crippen MR) is 110 cm³/mol. The van der Waals surface area contributed by atoms with Gasteiger partial charge >= 0.3 is 0 Å². The van der Waals surface area contributed by atoms with Crippen molar-refractivity contribution >= 4 is 40.3 Å². The number of amides is 1. The lowest BCUT2D eigenvalue weighted by atomic mass is 10.2. The minimum absolute atomic E-state index is 0.0448. The maximum Gasteiger partial charge on any atom is 0.265 e. The van der Waals surface area contributed by atoms with E-state index in [9.17, 15) is 9.59 Å². The number of carbonyl (C=O) groups excluding carboxylic acids is 1. The van der Waals surface area contributed by atoms with Gasteiger partial charge in [-0.15, -0.1) is 0 Å². The van der Waals surface area contributed by atoms with E-state index < -0.39 is 0 Å². The van der Waals surface area contributed by atoms with Gasteiger partial charge in [0.25, 0.3) is 5.56 Å². The summed E-state index contributed by atoms with van der Waals surface area (Å²) in [4.78, 5) is 30.1. The molecule has 146 valence electrons. The lowest BCUT2D eigenvalue weighted by molar-refractivity contribution is -0.122. The highest BCUT2D eigenvalue weighted by atomic mass is 35.5. The van der Waals surface area contributed by atoms with E-state index in [2.05, 4.69) is 15.4 Å². The van der Waals surface area contributed by atoms with Gasteiger partial charge in [-0.05, 0) is 37.6 Å². The van der Waals surface area contributed by atoms with Crippen molar-refractivity contribution in [3.05, 3.63) is 45.8 Å². The molecule has 0 spiro atoms. The minimum Gasteiger partial charge on any atom is -0.354 e. The maximum absolute atomic E-state index is 13.1. The van der Waals surface area contributed by atoms with Gasteiger partial charge in [0.1, 0.15) is 5.39 Å². The molecule has 2 unspecified atom stereocenters. The van der Waals surface area contributed by atoms with E-state index in [1.54, 1.807) is 21.4 Å². The predicted octanol–water partition coefficient (Wildman–Crippen LogP) is 3.19. The summed E-state index contributed by atoms with van der Waals surface area (Å²) in [6.45, 7) is 3.99. The summed E-state index contributed by atoms with van der Waals surface area (Å²) in [7, 11) is 0. The molecule has 1 aromatic carbocycles. The molecule has 2 atom stereocenters. The largest absolute Gasteiger partial charge is 0.354 e. The van der Waals surface area contributed by atoms with Crippen LogP contribution in [-0.2, 0) is 4.79 Å². The molecule has 2 aromatic heterocycles. The molecule has 7 nitrogen and oxygen atoms in total. The first-order valence-electron chi connectivity index (χ1n) is 9.16. The van der Waals surface area contributed by atoms with Crippen molar-refractivity contribution in [1.29, 1.82) is 0 Å². The Kier molecular flexibility index (Phi) is 5.16. The van der Waals surface area contributed by atoms with Gasteiger partial charge in [-0.3, -0.25) is 14.2 Å². The number of hydrogen-bond donors (Lipinski definition) is 1. The SMILES string of the molecule is CCC(C)NC(=O)CC1CSc2nc3c(cnn3-c3ccc(Cl)cc3)c(=O)n21. The second kappa shape index (κ2) is 7.60. The van der Waals surface area contributed by atoms with Gasteiger partial charge in [0.2, 0.25) is 5.91 Å². The van der Waals surface area contributed by atoms with Crippen LogP contribution < -0.4 is 10.9 Å². The molecule has 0 radical (unpaired) electrons. The lowest BCUT2D eigenvalue weighted by Gasteiger charge is -2.16. The summed E-state index contributed by atoms with van der Waals surface area (Å²) in [5, 5.41) is 8.99. The van der Waals surface area contributed by atoms with Crippen LogP contribution in [0.1, 0.15) is 32.7 Å². The molecule has 1 amide bonds. The fraction of sp³-hybridized carbons (Fsp3) is 0.368. The number of nitrogens with one attached hydrogen (secondary N) is 1. The van der Waals surface area contributed by atoms with Crippen molar-refractivity contribution in [2.24, 2.45) is 0 Å². The molecule has 3 aromatic rings. The third-order valence-corrected chi connectivity index (χ3v) is 6.23. The standard InChI is InChI=1S/C19H20ClN5O2S/c1-3-11(2)22-16(26)8-14-10-28-19-23-17-15(18(27)24(14)19)9-21-25(17)13-6-4-12(20)5-7-13/h4-7,9,11,14H,3,8,10H2,1-2H3,(H,22,26). The molecule has 0 fully saturated rings. The van der Waals surface area contributed by atoms with Gasteiger partial charge in [-0.1, -0.05) is 30.3 Å². The average Bonchev–Trinajstić information content (AvgIpc) is 3.27. The third-order valence-electron chi connectivity index (χ3n) is 4.88. The zero-order valence-corrected chi connectivity index (χ0v) is 17.1. The molecular formula is C19H20ClN5O2S. The summed E-state index contributed by atoms with van der Waals surface area (Å²) in [5.74, 6) is 0.605. The van der Waals surface area contributed by atoms with Crippen LogP contribution in [0.15, 0.2) is 40.4 Å². The third kappa shape index (κ3) is 3.42. The first-order valence-corrected chi connectivity index (χ1v) is 10.5. The molecule has 1 aliphatic rings. The number of thioether (sulfide) groups is 1. The van der Waals surface area contributed by atoms with Crippen LogP contribution >= 0.6 is 23.4 Å². The molecule has 28 heavy (non-hydrogen) atoms. The second-order valence-electron chi connectivity index (χ2n) is 6.89. The fourth-order valence-corrected chi connectivity index (χ4v) is 4.46. The fourth-order valence-electron chi connectivity index (χ4n) is 3.20. The zero-order valence-electron chi connectivity index (χ0n) is 15.6. The summed E-state index contributed by atoms with van der Waals surface area (Å²) in [6.07, 6.45) is 2.67. The highest BCUT2D eigenvalue weighted by Gasteiger charge is 2.29.